The van der Waals surface area contributed by atoms with Crippen LogP contribution in [0.2, 0.25) is 0 Å². The summed E-state index contributed by atoms with van der Waals surface area (Å²) in [6, 6.07) is 38.7. The summed E-state index contributed by atoms with van der Waals surface area (Å²) in [5.41, 5.74) is 4.58. The lowest BCUT2D eigenvalue weighted by Crippen LogP contribution is -2.27. The van der Waals surface area contributed by atoms with Crippen LogP contribution < -0.4 is 0 Å². The summed E-state index contributed by atoms with van der Waals surface area (Å²) in [6.07, 6.45) is 0. The molecule has 0 spiro atoms. The molecule has 3 heteroatoms. The van der Waals surface area contributed by atoms with Gasteiger partial charge in [-0.1, -0.05) is 103 Å². The van der Waals surface area contributed by atoms with Gasteiger partial charge in [0, 0.05) is 11.5 Å². The van der Waals surface area contributed by atoms with E-state index in [1.54, 1.807) is 0 Å². The Morgan fingerprint density at radius 1 is 0.656 bits per heavy atom. The Labute approximate surface area is 187 Å². The molecule has 1 aliphatic rings. The average Bonchev–Trinajstić information content (AvgIpc) is 2.88. The Kier molecular flexibility index (Phi) is 5.08. The summed E-state index contributed by atoms with van der Waals surface area (Å²) in [5, 5.41) is 22.7. The molecule has 0 bridgehead atoms. The highest BCUT2D eigenvalue weighted by Crippen LogP contribution is 2.43. The molecular formula is C29H19N3. The Hall–Kier alpha value is -4.47. The van der Waals surface area contributed by atoms with Crippen LogP contribution in [0.4, 0.5) is 0 Å². The molecule has 0 saturated heterocycles. The minimum Gasteiger partial charge on any atom is -0.250 e. The van der Waals surface area contributed by atoms with E-state index in [4.69, 9.17) is 4.99 Å². The molecule has 1 aliphatic heterocycles. The van der Waals surface area contributed by atoms with Crippen LogP contribution in [-0.2, 0) is 0 Å². The van der Waals surface area contributed by atoms with Crippen molar-refractivity contribution in [3.05, 3.63) is 125 Å². The minimum absolute atomic E-state index is 0.405. The van der Waals surface area contributed by atoms with Crippen molar-refractivity contribution < 1.29 is 0 Å². The summed E-state index contributed by atoms with van der Waals surface area (Å²) in [6.45, 7) is 0. The quantitative estimate of drug-likeness (QED) is 0.388. The van der Waals surface area contributed by atoms with Gasteiger partial charge in [-0.3, -0.25) is 0 Å². The first-order valence-electron chi connectivity index (χ1n) is 10.5. The Morgan fingerprint density at radius 2 is 1.28 bits per heavy atom. The molecule has 3 nitrogen and oxygen atoms in total. The molecule has 0 aliphatic carbocycles. The predicted octanol–water partition coefficient (Wildman–Crippen LogP) is 6.50. The van der Waals surface area contributed by atoms with Gasteiger partial charge in [-0.2, -0.15) is 10.5 Å². The van der Waals surface area contributed by atoms with Gasteiger partial charge in [0.15, 0.2) is 0 Å². The first kappa shape index (κ1) is 19.5. The van der Waals surface area contributed by atoms with Crippen LogP contribution in [0, 0.1) is 28.6 Å². The van der Waals surface area contributed by atoms with Crippen LogP contribution in [0.15, 0.2) is 114 Å². The zero-order chi connectivity index (χ0) is 21.9. The predicted molar refractivity (Wildman–Crippen MR) is 128 cm³/mol. The lowest BCUT2D eigenvalue weighted by molar-refractivity contribution is 0.723. The second-order valence-corrected chi connectivity index (χ2v) is 7.79. The van der Waals surface area contributed by atoms with Crippen molar-refractivity contribution in [3.8, 4) is 12.1 Å². The summed E-state index contributed by atoms with van der Waals surface area (Å²) >= 11 is 0. The third kappa shape index (κ3) is 3.37. The smallest absolute Gasteiger partial charge is 0.101 e. The zero-order valence-electron chi connectivity index (χ0n) is 17.3. The van der Waals surface area contributed by atoms with Gasteiger partial charge in [-0.05, 0) is 21.9 Å². The highest BCUT2D eigenvalue weighted by molar-refractivity contribution is 6.09. The van der Waals surface area contributed by atoms with E-state index in [1.165, 1.54) is 0 Å². The maximum absolute atomic E-state index is 10.3. The number of hydrogen-bond donors (Lipinski definition) is 0. The van der Waals surface area contributed by atoms with Crippen LogP contribution in [0.5, 0.6) is 0 Å². The van der Waals surface area contributed by atoms with Gasteiger partial charge >= 0.3 is 0 Å². The molecule has 0 N–H and O–H groups in total. The van der Waals surface area contributed by atoms with Gasteiger partial charge in [0.1, 0.15) is 5.92 Å². The largest absolute Gasteiger partial charge is 0.250 e. The van der Waals surface area contributed by atoms with Crippen molar-refractivity contribution in [1.29, 1.82) is 10.5 Å². The van der Waals surface area contributed by atoms with E-state index in [0.29, 0.717) is 17.0 Å². The fraction of sp³-hybridized carbons (Fsp3) is 0.0690. The molecule has 4 aromatic carbocycles. The van der Waals surface area contributed by atoms with Crippen molar-refractivity contribution in [1.82, 2.24) is 0 Å². The molecular weight excluding hydrogens is 390 g/mol. The molecule has 2 unspecified atom stereocenters. The summed E-state index contributed by atoms with van der Waals surface area (Å²) in [7, 11) is 0. The van der Waals surface area contributed by atoms with Gasteiger partial charge in [0.05, 0.1) is 29.1 Å². The third-order valence-electron chi connectivity index (χ3n) is 5.94. The molecule has 0 aromatic heterocycles. The number of nitriles is 2. The molecule has 0 radical (unpaired) electrons. The highest BCUT2D eigenvalue weighted by Gasteiger charge is 2.37. The maximum atomic E-state index is 10.3. The van der Waals surface area contributed by atoms with Crippen LogP contribution in [0.25, 0.3) is 16.5 Å². The molecule has 150 valence electrons. The number of benzene rings is 4. The normalized spacial score (nSPS) is 18.0. The molecule has 5 rings (SSSR count). The molecule has 0 fully saturated rings. The Morgan fingerprint density at radius 3 is 1.94 bits per heavy atom. The van der Waals surface area contributed by atoms with Crippen molar-refractivity contribution in [2.24, 2.45) is 10.9 Å². The van der Waals surface area contributed by atoms with Gasteiger partial charge in [0.2, 0.25) is 0 Å². The maximum Gasteiger partial charge on any atom is 0.101 e. The molecule has 32 heavy (non-hydrogen) atoms. The van der Waals surface area contributed by atoms with Crippen LogP contribution >= 0.6 is 0 Å². The van der Waals surface area contributed by atoms with Gasteiger partial charge in [-0.25, -0.2) is 4.99 Å². The third-order valence-corrected chi connectivity index (χ3v) is 5.94. The lowest BCUT2D eigenvalue weighted by Gasteiger charge is -2.29. The van der Waals surface area contributed by atoms with Gasteiger partial charge < -0.3 is 0 Å². The number of allylic oxidation sites excluding steroid dienone is 1. The first-order chi connectivity index (χ1) is 15.8. The van der Waals surface area contributed by atoms with Crippen LogP contribution in [0.1, 0.15) is 22.6 Å². The monoisotopic (exact) mass is 409 g/mol. The topological polar surface area (TPSA) is 59.9 Å². The number of rotatable bonds is 3. The number of hydrogen-bond acceptors (Lipinski definition) is 3. The minimum atomic E-state index is -0.569. The molecule has 0 saturated carbocycles. The molecule has 0 amide bonds. The van der Waals surface area contributed by atoms with Crippen LogP contribution in [0.3, 0.4) is 0 Å². The van der Waals surface area contributed by atoms with E-state index in [1.807, 2.05) is 78.9 Å². The number of nitrogens with zero attached hydrogens (tertiary/aromatic N) is 3. The summed E-state index contributed by atoms with van der Waals surface area (Å²) < 4.78 is 0. The van der Waals surface area contributed by atoms with E-state index in [-0.39, 0.29) is 0 Å². The van der Waals surface area contributed by atoms with E-state index < -0.39 is 11.8 Å². The zero-order valence-corrected chi connectivity index (χ0v) is 17.3. The van der Waals surface area contributed by atoms with E-state index in [2.05, 4.69) is 36.4 Å². The second-order valence-electron chi connectivity index (χ2n) is 7.79. The molecule has 1 heterocycles. The fourth-order valence-electron chi connectivity index (χ4n) is 4.41. The van der Waals surface area contributed by atoms with Gasteiger partial charge in [0.25, 0.3) is 0 Å². The Balaban J connectivity index is 1.78. The van der Waals surface area contributed by atoms with Crippen LogP contribution in [-0.4, -0.2) is 5.71 Å². The SMILES string of the molecule is N#CC1=C(c2ccccc2)N=C(c2ccccc2)C(C#N)C1c1ccc2ccccc2c1. The number of fused-ring (bicyclic) bond motifs is 1. The molecule has 4 aromatic rings. The van der Waals surface area contributed by atoms with Crippen molar-refractivity contribution in [2.45, 2.75) is 5.92 Å². The lowest BCUT2D eigenvalue weighted by atomic mass is 9.74. The Bertz CT molecular complexity index is 1430. The standard InChI is InChI=1S/C29H19N3/c30-18-25-27(24-16-15-20-9-7-8-14-23(20)17-24)26(19-31)29(22-12-5-2-6-13-22)32-28(25)21-10-3-1-4-11-21/h1-17,25,27H. The average molecular weight is 409 g/mol. The van der Waals surface area contributed by atoms with Crippen molar-refractivity contribution in [3.63, 3.8) is 0 Å². The summed E-state index contributed by atoms with van der Waals surface area (Å²) in [5.74, 6) is -0.974. The first-order valence-corrected chi connectivity index (χ1v) is 10.5. The number of aliphatic imine (C=N–C) groups is 1. The van der Waals surface area contributed by atoms with E-state index in [0.717, 1.165) is 27.5 Å². The fourth-order valence-corrected chi connectivity index (χ4v) is 4.41. The van der Waals surface area contributed by atoms with Crippen molar-refractivity contribution >= 4 is 22.2 Å². The second kappa shape index (κ2) is 8.34. The van der Waals surface area contributed by atoms with E-state index in [9.17, 15) is 10.5 Å². The summed E-state index contributed by atoms with van der Waals surface area (Å²) in [4.78, 5) is 4.92. The van der Waals surface area contributed by atoms with Gasteiger partial charge in [-0.15, -0.1) is 0 Å². The molecule has 2 atom stereocenters. The van der Waals surface area contributed by atoms with E-state index >= 15 is 0 Å². The highest BCUT2D eigenvalue weighted by atomic mass is 14.8. The van der Waals surface area contributed by atoms with Crippen molar-refractivity contribution in [2.75, 3.05) is 0 Å².